The Morgan fingerprint density at radius 1 is 1.28 bits per heavy atom. The van der Waals surface area contributed by atoms with Crippen LogP contribution in [0, 0.1) is 13.8 Å². The molecule has 1 aromatic carbocycles. The van der Waals surface area contributed by atoms with Crippen LogP contribution in [0.2, 0.25) is 0 Å². The van der Waals surface area contributed by atoms with Gasteiger partial charge in [-0.25, -0.2) is 0 Å². The molecule has 0 aliphatic carbocycles. The van der Waals surface area contributed by atoms with Gasteiger partial charge >= 0.3 is 0 Å². The summed E-state index contributed by atoms with van der Waals surface area (Å²) in [6.45, 7) is 4.03. The van der Waals surface area contributed by atoms with Crippen LogP contribution < -0.4 is 5.32 Å². The van der Waals surface area contributed by atoms with Gasteiger partial charge in [0.25, 0.3) is 0 Å². The molecular weight excluding hydrogens is 226 g/mol. The van der Waals surface area contributed by atoms with Crippen molar-refractivity contribution < 1.29 is 9.21 Å². The number of nitrogens with one attached hydrogen (secondary N) is 1. The minimum Gasteiger partial charge on any atom is -0.469 e. The number of carbonyl (C=O) groups is 1. The van der Waals surface area contributed by atoms with Gasteiger partial charge in [-0.05, 0) is 37.6 Å². The van der Waals surface area contributed by atoms with E-state index >= 15 is 0 Å². The number of hydrogen-bond donors (Lipinski definition) is 1. The molecule has 1 N–H and O–H groups in total. The average molecular weight is 243 g/mol. The predicted octanol–water partition coefficient (Wildman–Crippen LogP) is 3.47. The molecule has 94 valence electrons. The highest BCUT2D eigenvalue weighted by molar-refractivity contribution is 5.91. The standard InChI is InChI=1S/C15H17NO2/c1-11-5-7-14(12(2)10-11)16-15(17)8-6-13-4-3-9-18-13/h3-5,7,9-10H,6,8H2,1-2H3,(H,16,17). The first-order valence-electron chi connectivity index (χ1n) is 6.04. The molecule has 1 aromatic heterocycles. The second-order valence-electron chi connectivity index (χ2n) is 4.45. The summed E-state index contributed by atoms with van der Waals surface area (Å²) in [5, 5.41) is 2.92. The van der Waals surface area contributed by atoms with Crippen LogP contribution in [0.25, 0.3) is 0 Å². The van der Waals surface area contributed by atoms with E-state index in [0.717, 1.165) is 17.0 Å². The molecule has 0 fully saturated rings. The molecule has 3 nitrogen and oxygen atoms in total. The molecule has 0 aliphatic heterocycles. The highest BCUT2D eigenvalue weighted by Gasteiger charge is 2.06. The first kappa shape index (κ1) is 12.4. The highest BCUT2D eigenvalue weighted by Crippen LogP contribution is 2.16. The number of anilines is 1. The van der Waals surface area contributed by atoms with E-state index in [0.29, 0.717) is 12.8 Å². The number of benzene rings is 1. The molecule has 18 heavy (non-hydrogen) atoms. The molecule has 0 aliphatic rings. The van der Waals surface area contributed by atoms with Crippen LogP contribution >= 0.6 is 0 Å². The zero-order valence-electron chi connectivity index (χ0n) is 10.7. The molecule has 3 heteroatoms. The van der Waals surface area contributed by atoms with Crippen molar-refractivity contribution in [3.8, 4) is 0 Å². The van der Waals surface area contributed by atoms with Crippen LogP contribution in [-0.2, 0) is 11.2 Å². The minimum atomic E-state index is 0.0124. The Kier molecular flexibility index (Phi) is 3.82. The summed E-state index contributed by atoms with van der Waals surface area (Å²) in [4.78, 5) is 11.8. The van der Waals surface area contributed by atoms with Crippen LogP contribution in [-0.4, -0.2) is 5.91 Å². The minimum absolute atomic E-state index is 0.0124. The lowest BCUT2D eigenvalue weighted by Crippen LogP contribution is -2.13. The third kappa shape index (κ3) is 3.23. The van der Waals surface area contributed by atoms with Crippen molar-refractivity contribution in [1.29, 1.82) is 0 Å². The third-order valence-corrected chi connectivity index (χ3v) is 2.83. The first-order chi connectivity index (χ1) is 8.65. The van der Waals surface area contributed by atoms with Crippen LogP contribution in [0.5, 0.6) is 0 Å². The number of rotatable bonds is 4. The maximum atomic E-state index is 11.8. The van der Waals surface area contributed by atoms with Gasteiger partial charge < -0.3 is 9.73 Å². The fourth-order valence-corrected chi connectivity index (χ4v) is 1.86. The molecule has 0 saturated heterocycles. The van der Waals surface area contributed by atoms with E-state index < -0.39 is 0 Å². The van der Waals surface area contributed by atoms with Crippen molar-refractivity contribution in [3.05, 3.63) is 53.5 Å². The van der Waals surface area contributed by atoms with Crippen LogP contribution in [0.1, 0.15) is 23.3 Å². The van der Waals surface area contributed by atoms with Crippen LogP contribution in [0.3, 0.4) is 0 Å². The zero-order valence-corrected chi connectivity index (χ0v) is 10.7. The number of carbonyl (C=O) groups excluding carboxylic acids is 1. The molecular formula is C15H17NO2. The maximum absolute atomic E-state index is 11.8. The van der Waals surface area contributed by atoms with Crippen molar-refractivity contribution in [2.24, 2.45) is 0 Å². The Morgan fingerprint density at radius 3 is 2.78 bits per heavy atom. The second-order valence-corrected chi connectivity index (χ2v) is 4.45. The molecule has 0 atom stereocenters. The Morgan fingerprint density at radius 2 is 2.11 bits per heavy atom. The number of furan rings is 1. The summed E-state index contributed by atoms with van der Waals surface area (Å²) >= 11 is 0. The van der Waals surface area contributed by atoms with Gasteiger partial charge in [0.2, 0.25) is 5.91 Å². The highest BCUT2D eigenvalue weighted by atomic mass is 16.3. The van der Waals surface area contributed by atoms with E-state index in [1.165, 1.54) is 5.56 Å². The Hall–Kier alpha value is -2.03. The summed E-state index contributed by atoms with van der Waals surface area (Å²) in [6.07, 6.45) is 2.68. The van der Waals surface area contributed by atoms with Gasteiger partial charge in [0.05, 0.1) is 6.26 Å². The van der Waals surface area contributed by atoms with Gasteiger partial charge in [0, 0.05) is 18.5 Å². The lowest BCUT2D eigenvalue weighted by molar-refractivity contribution is -0.116. The fraction of sp³-hybridized carbons (Fsp3) is 0.267. The van der Waals surface area contributed by atoms with Gasteiger partial charge in [-0.1, -0.05) is 17.7 Å². The van der Waals surface area contributed by atoms with E-state index in [4.69, 9.17) is 4.42 Å². The summed E-state index contributed by atoms with van der Waals surface area (Å²) in [5.74, 6) is 0.851. The predicted molar refractivity (Wildman–Crippen MR) is 71.6 cm³/mol. The Balaban J connectivity index is 1.91. The largest absolute Gasteiger partial charge is 0.469 e. The van der Waals surface area contributed by atoms with E-state index in [-0.39, 0.29) is 5.91 Å². The van der Waals surface area contributed by atoms with Crippen molar-refractivity contribution >= 4 is 11.6 Å². The first-order valence-corrected chi connectivity index (χ1v) is 6.04. The van der Waals surface area contributed by atoms with E-state index in [1.54, 1.807) is 6.26 Å². The number of aryl methyl sites for hydroxylation is 3. The molecule has 0 unspecified atom stereocenters. The van der Waals surface area contributed by atoms with Gasteiger partial charge in [-0.3, -0.25) is 4.79 Å². The summed E-state index contributed by atoms with van der Waals surface area (Å²) in [7, 11) is 0. The van der Waals surface area contributed by atoms with Crippen LogP contribution in [0.15, 0.2) is 41.0 Å². The Labute approximate surface area is 107 Å². The maximum Gasteiger partial charge on any atom is 0.224 e. The van der Waals surface area contributed by atoms with Gasteiger partial charge in [-0.15, -0.1) is 0 Å². The molecule has 2 rings (SSSR count). The van der Waals surface area contributed by atoms with Crippen molar-refractivity contribution in [2.75, 3.05) is 5.32 Å². The smallest absolute Gasteiger partial charge is 0.224 e. The quantitative estimate of drug-likeness (QED) is 0.893. The van der Waals surface area contributed by atoms with Gasteiger partial charge in [0.15, 0.2) is 0 Å². The zero-order chi connectivity index (χ0) is 13.0. The third-order valence-electron chi connectivity index (χ3n) is 2.83. The van der Waals surface area contributed by atoms with Gasteiger partial charge in [-0.2, -0.15) is 0 Å². The molecule has 2 aromatic rings. The summed E-state index contributed by atoms with van der Waals surface area (Å²) in [5.41, 5.74) is 3.16. The van der Waals surface area contributed by atoms with E-state index in [1.807, 2.05) is 38.1 Å². The molecule has 0 bridgehead atoms. The van der Waals surface area contributed by atoms with Gasteiger partial charge in [0.1, 0.15) is 5.76 Å². The molecule has 0 spiro atoms. The van der Waals surface area contributed by atoms with E-state index in [9.17, 15) is 4.79 Å². The molecule has 0 saturated carbocycles. The van der Waals surface area contributed by atoms with Crippen LogP contribution in [0.4, 0.5) is 5.69 Å². The topological polar surface area (TPSA) is 42.2 Å². The molecule has 1 amide bonds. The monoisotopic (exact) mass is 243 g/mol. The van der Waals surface area contributed by atoms with E-state index in [2.05, 4.69) is 11.4 Å². The summed E-state index contributed by atoms with van der Waals surface area (Å²) < 4.78 is 5.19. The average Bonchev–Trinajstić information content (AvgIpc) is 2.83. The Bertz CT molecular complexity index is 529. The SMILES string of the molecule is Cc1ccc(NC(=O)CCc2ccco2)c(C)c1. The lowest BCUT2D eigenvalue weighted by Gasteiger charge is -2.08. The molecule has 0 radical (unpaired) electrons. The fourth-order valence-electron chi connectivity index (χ4n) is 1.86. The summed E-state index contributed by atoms with van der Waals surface area (Å²) in [6, 6.07) is 9.70. The van der Waals surface area contributed by atoms with Crippen molar-refractivity contribution in [2.45, 2.75) is 26.7 Å². The molecule has 1 heterocycles. The number of hydrogen-bond acceptors (Lipinski definition) is 2. The normalized spacial score (nSPS) is 10.3. The van der Waals surface area contributed by atoms with Crippen molar-refractivity contribution in [3.63, 3.8) is 0 Å². The number of amides is 1. The lowest BCUT2D eigenvalue weighted by atomic mass is 10.1. The second kappa shape index (κ2) is 5.54. The van der Waals surface area contributed by atoms with Crippen molar-refractivity contribution in [1.82, 2.24) is 0 Å².